The number of rotatable bonds is 5. The van der Waals surface area contributed by atoms with Gasteiger partial charge in [-0.25, -0.2) is 0 Å². The van der Waals surface area contributed by atoms with Crippen LogP contribution in [-0.4, -0.2) is 0 Å². The van der Waals surface area contributed by atoms with E-state index in [1.807, 2.05) is 0 Å². The SMILES string of the molecule is CCCCCCc1ccc(S)c(C)c1. The lowest BCUT2D eigenvalue weighted by atomic mass is 10.0. The molecular formula is C13H20S. The molecule has 0 radical (unpaired) electrons. The molecule has 0 aliphatic heterocycles. The Hall–Kier alpha value is -0.430. The second-order valence-corrected chi connectivity index (χ2v) is 4.41. The van der Waals surface area contributed by atoms with Crippen LogP contribution in [-0.2, 0) is 6.42 Å². The lowest BCUT2D eigenvalue weighted by Crippen LogP contribution is -1.87. The Kier molecular flexibility index (Phi) is 5.10. The van der Waals surface area contributed by atoms with Crippen molar-refractivity contribution in [1.29, 1.82) is 0 Å². The predicted octanol–water partition coefficient (Wildman–Crippen LogP) is 4.41. The first-order valence-corrected chi connectivity index (χ1v) is 5.97. The van der Waals surface area contributed by atoms with Gasteiger partial charge in [-0.05, 0) is 37.0 Å². The van der Waals surface area contributed by atoms with Crippen LogP contribution in [0.2, 0.25) is 0 Å². The molecule has 0 saturated carbocycles. The summed E-state index contributed by atoms with van der Waals surface area (Å²) in [5.41, 5.74) is 2.75. The minimum Gasteiger partial charge on any atom is -0.143 e. The molecule has 0 amide bonds. The highest BCUT2D eigenvalue weighted by molar-refractivity contribution is 7.80. The Balaban J connectivity index is 2.39. The van der Waals surface area contributed by atoms with Gasteiger partial charge < -0.3 is 0 Å². The van der Waals surface area contributed by atoms with E-state index in [0.29, 0.717) is 0 Å². The zero-order chi connectivity index (χ0) is 10.4. The number of hydrogen-bond acceptors (Lipinski definition) is 1. The molecule has 1 heteroatoms. The van der Waals surface area contributed by atoms with Gasteiger partial charge in [0.25, 0.3) is 0 Å². The summed E-state index contributed by atoms with van der Waals surface area (Å²) >= 11 is 4.37. The van der Waals surface area contributed by atoms with E-state index in [1.165, 1.54) is 43.2 Å². The van der Waals surface area contributed by atoms with E-state index in [-0.39, 0.29) is 0 Å². The summed E-state index contributed by atoms with van der Waals surface area (Å²) in [6.07, 6.45) is 6.57. The van der Waals surface area contributed by atoms with Crippen LogP contribution >= 0.6 is 12.6 Å². The van der Waals surface area contributed by atoms with Gasteiger partial charge in [-0.2, -0.15) is 0 Å². The van der Waals surface area contributed by atoms with Crippen LogP contribution in [0.4, 0.5) is 0 Å². The summed E-state index contributed by atoms with van der Waals surface area (Å²) in [6.45, 7) is 4.37. The first-order valence-electron chi connectivity index (χ1n) is 5.52. The molecular weight excluding hydrogens is 188 g/mol. The minimum absolute atomic E-state index is 1.10. The van der Waals surface area contributed by atoms with Crippen LogP contribution in [0, 0.1) is 6.92 Å². The van der Waals surface area contributed by atoms with E-state index in [2.05, 4.69) is 44.7 Å². The number of benzene rings is 1. The monoisotopic (exact) mass is 208 g/mol. The van der Waals surface area contributed by atoms with Crippen molar-refractivity contribution in [2.24, 2.45) is 0 Å². The fourth-order valence-corrected chi connectivity index (χ4v) is 1.77. The van der Waals surface area contributed by atoms with Crippen molar-refractivity contribution in [3.63, 3.8) is 0 Å². The fourth-order valence-electron chi connectivity index (χ4n) is 1.63. The van der Waals surface area contributed by atoms with Gasteiger partial charge in [-0.1, -0.05) is 38.3 Å². The molecule has 1 aromatic rings. The normalized spacial score (nSPS) is 10.5. The number of aryl methyl sites for hydroxylation is 2. The summed E-state index contributed by atoms with van der Waals surface area (Å²) in [5, 5.41) is 0. The second-order valence-electron chi connectivity index (χ2n) is 3.93. The van der Waals surface area contributed by atoms with E-state index in [4.69, 9.17) is 0 Å². The van der Waals surface area contributed by atoms with E-state index in [0.717, 1.165) is 4.90 Å². The lowest BCUT2D eigenvalue weighted by Gasteiger charge is -2.04. The average molecular weight is 208 g/mol. The molecule has 0 aliphatic rings. The molecule has 0 aromatic heterocycles. The first-order chi connectivity index (χ1) is 6.74. The maximum Gasteiger partial charge on any atom is 0.00694 e. The molecule has 0 N–H and O–H groups in total. The molecule has 0 unspecified atom stereocenters. The highest BCUT2D eigenvalue weighted by Crippen LogP contribution is 2.16. The van der Waals surface area contributed by atoms with Gasteiger partial charge in [0.15, 0.2) is 0 Å². The van der Waals surface area contributed by atoms with E-state index in [1.54, 1.807) is 0 Å². The fraction of sp³-hybridized carbons (Fsp3) is 0.538. The lowest BCUT2D eigenvalue weighted by molar-refractivity contribution is 0.666. The van der Waals surface area contributed by atoms with Gasteiger partial charge in [0.05, 0.1) is 0 Å². The van der Waals surface area contributed by atoms with E-state index < -0.39 is 0 Å². The van der Waals surface area contributed by atoms with Gasteiger partial charge in [-0.15, -0.1) is 12.6 Å². The van der Waals surface area contributed by atoms with Gasteiger partial charge in [0, 0.05) is 4.90 Å². The molecule has 0 atom stereocenters. The third-order valence-electron chi connectivity index (χ3n) is 2.58. The molecule has 0 aliphatic carbocycles. The molecule has 0 saturated heterocycles. The van der Waals surface area contributed by atoms with E-state index in [9.17, 15) is 0 Å². The van der Waals surface area contributed by atoms with Crippen molar-refractivity contribution in [1.82, 2.24) is 0 Å². The molecule has 1 aromatic carbocycles. The molecule has 0 heterocycles. The molecule has 1 rings (SSSR count). The Morgan fingerprint density at radius 3 is 2.57 bits per heavy atom. The van der Waals surface area contributed by atoms with Crippen molar-refractivity contribution in [2.75, 3.05) is 0 Å². The first kappa shape index (κ1) is 11.6. The third kappa shape index (κ3) is 3.75. The summed E-state index contributed by atoms with van der Waals surface area (Å²) in [5.74, 6) is 0. The average Bonchev–Trinajstić information content (AvgIpc) is 2.18. The van der Waals surface area contributed by atoms with Crippen LogP contribution in [0.3, 0.4) is 0 Å². The number of unbranched alkanes of at least 4 members (excludes halogenated alkanes) is 3. The molecule has 0 bridgehead atoms. The number of hydrogen-bond donors (Lipinski definition) is 1. The maximum atomic E-state index is 4.37. The van der Waals surface area contributed by atoms with Crippen LogP contribution < -0.4 is 0 Å². The van der Waals surface area contributed by atoms with Crippen molar-refractivity contribution < 1.29 is 0 Å². The van der Waals surface area contributed by atoms with Crippen molar-refractivity contribution in [3.05, 3.63) is 29.3 Å². The molecule has 0 fully saturated rings. The van der Waals surface area contributed by atoms with Crippen LogP contribution in [0.15, 0.2) is 23.1 Å². The smallest absolute Gasteiger partial charge is 0.00694 e. The Morgan fingerprint density at radius 2 is 1.93 bits per heavy atom. The quantitative estimate of drug-likeness (QED) is 0.538. The molecule has 0 spiro atoms. The zero-order valence-electron chi connectivity index (χ0n) is 9.21. The summed E-state index contributed by atoms with van der Waals surface area (Å²) in [4.78, 5) is 1.10. The summed E-state index contributed by atoms with van der Waals surface area (Å²) in [7, 11) is 0. The standard InChI is InChI=1S/C13H20S/c1-3-4-5-6-7-12-8-9-13(14)11(2)10-12/h8-10,14H,3-7H2,1-2H3. The predicted molar refractivity (Wildman–Crippen MR) is 66.3 cm³/mol. The topological polar surface area (TPSA) is 0 Å². The van der Waals surface area contributed by atoms with Crippen molar-refractivity contribution in [2.45, 2.75) is 50.8 Å². The van der Waals surface area contributed by atoms with E-state index >= 15 is 0 Å². The van der Waals surface area contributed by atoms with Gasteiger partial charge >= 0.3 is 0 Å². The Labute approximate surface area is 93.1 Å². The summed E-state index contributed by atoms with van der Waals surface area (Å²) < 4.78 is 0. The van der Waals surface area contributed by atoms with Crippen LogP contribution in [0.25, 0.3) is 0 Å². The Morgan fingerprint density at radius 1 is 1.14 bits per heavy atom. The highest BCUT2D eigenvalue weighted by Gasteiger charge is 1.96. The van der Waals surface area contributed by atoms with Gasteiger partial charge in [0.1, 0.15) is 0 Å². The largest absolute Gasteiger partial charge is 0.143 e. The second kappa shape index (κ2) is 6.13. The third-order valence-corrected chi connectivity index (χ3v) is 3.08. The zero-order valence-corrected chi connectivity index (χ0v) is 10.1. The highest BCUT2D eigenvalue weighted by atomic mass is 32.1. The van der Waals surface area contributed by atoms with Crippen LogP contribution in [0.5, 0.6) is 0 Å². The van der Waals surface area contributed by atoms with Crippen molar-refractivity contribution in [3.8, 4) is 0 Å². The molecule has 14 heavy (non-hydrogen) atoms. The van der Waals surface area contributed by atoms with Gasteiger partial charge in [0.2, 0.25) is 0 Å². The van der Waals surface area contributed by atoms with Crippen molar-refractivity contribution >= 4 is 12.6 Å². The summed E-state index contributed by atoms with van der Waals surface area (Å²) in [6, 6.07) is 6.56. The maximum absolute atomic E-state index is 4.37. The minimum atomic E-state index is 1.10. The van der Waals surface area contributed by atoms with Crippen LogP contribution in [0.1, 0.15) is 43.7 Å². The van der Waals surface area contributed by atoms with Gasteiger partial charge in [-0.3, -0.25) is 0 Å². The molecule has 78 valence electrons. The molecule has 0 nitrogen and oxygen atoms in total. The Bertz CT molecular complexity index is 279. The number of thiol groups is 1.